The van der Waals surface area contributed by atoms with Crippen LogP contribution in [0.5, 0.6) is 0 Å². The Hall–Kier alpha value is -4.44. The van der Waals surface area contributed by atoms with Crippen molar-refractivity contribution < 1.29 is 38.9 Å². The maximum Gasteiger partial charge on any atom is 0.414 e. The summed E-state index contributed by atoms with van der Waals surface area (Å²) in [6, 6.07) is 0. The Kier molecular flexibility index (Phi) is 10.2. The Labute approximate surface area is 225 Å². The molecule has 4 amide bonds. The number of fused-ring (bicyclic) bond motifs is 1. The fraction of sp³-hybridized carbons (Fsp3) is 0.636. The Bertz CT molecular complexity index is 1030. The minimum Gasteiger partial charge on any atom is -0.465 e. The van der Waals surface area contributed by atoms with Crippen molar-refractivity contribution in [2.45, 2.75) is 72.0 Å². The molecule has 0 atom stereocenters. The summed E-state index contributed by atoms with van der Waals surface area (Å²) < 4.78 is 12.1. The molecule has 2 heterocycles. The van der Waals surface area contributed by atoms with Crippen LogP contribution in [0.2, 0.25) is 0 Å². The first-order valence-electron chi connectivity index (χ1n) is 12.1. The van der Waals surface area contributed by atoms with Crippen LogP contribution in [0.1, 0.15) is 48.0 Å². The van der Waals surface area contributed by atoms with Crippen LogP contribution in [0.3, 0.4) is 0 Å². The first-order valence-corrected chi connectivity index (χ1v) is 12.1. The van der Waals surface area contributed by atoms with Crippen LogP contribution in [-0.4, -0.2) is 87.5 Å². The number of anilines is 2. The molecule has 0 saturated carbocycles. The van der Waals surface area contributed by atoms with Gasteiger partial charge in [-0.15, -0.1) is 0 Å². The highest BCUT2D eigenvalue weighted by Gasteiger charge is 2.28. The average Bonchev–Trinajstić information content (AvgIpc) is 3.16. The zero-order chi connectivity index (χ0) is 29.4. The van der Waals surface area contributed by atoms with Crippen molar-refractivity contribution in [2.24, 2.45) is 4.99 Å². The number of rotatable bonds is 7. The summed E-state index contributed by atoms with van der Waals surface area (Å²) in [6.07, 6.45) is -3.86. The van der Waals surface area contributed by atoms with Crippen LogP contribution in [0.25, 0.3) is 0 Å². The highest BCUT2D eigenvalue weighted by molar-refractivity contribution is 6.01. The third-order valence-corrected chi connectivity index (χ3v) is 4.65. The lowest BCUT2D eigenvalue weighted by atomic mass is 10.2. The molecule has 17 nitrogen and oxygen atoms in total. The highest BCUT2D eigenvalue weighted by atomic mass is 16.6. The van der Waals surface area contributed by atoms with Crippen molar-refractivity contribution >= 4 is 41.8 Å². The van der Waals surface area contributed by atoms with Crippen LogP contribution >= 0.6 is 0 Å². The molecule has 0 fully saturated rings. The van der Waals surface area contributed by atoms with Gasteiger partial charge in [-0.25, -0.2) is 23.9 Å². The van der Waals surface area contributed by atoms with Crippen molar-refractivity contribution in [2.75, 3.05) is 29.9 Å². The summed E-state index contributed by atoms with van der Waals surface area (Å²) in [5.74, 6) is 0.274. The van der Waals surface area contributed by atoms with Gasteiger partial charge >= 0.3 is 24.4 Å². The fourth-order valence-corrected chi connectivity index (χ4v) is 3.37. The zero-order valence-electron chi connectivity index (χ0n) is 22.8. The second-order valence-electron chi connectivity index (χ2n) is 10.4. The number of amides is 4. The van der Waals surface area contributed by atoms with Gasteiger partial charge in [0.25, 0.3) is 0 Å². The minimum atomic E-state index is -1.48. The monoisotopic (exact) mass is 555 g/mol. The van der Waals surface area contributed by atoms with Crippen molar-refractivity contribution in [3.63, 3.8) is 0 Å². The van der Waals surface area contributed by atoms with Gasteiger partial charge in [-0.05, 0) is 48.0 Å². The molecule has 1 aliphatic heterocycles. The molecule has 1 aromatic heterocycles. The Morgan fingerprint density at radius 2 is 1.59 bits per heavy atom. The van der Waals surface area contributed by atoms with Gasteiger partial charge in [0.15, 0.2) is 6.29 Å². The van der Waals surface area contributed by atoms with E-state index >= 15 is 0 Å². The van der Waals surface area contributed by atoms with E-state index in [-0.39, 0.29) is 19.0 Å². The van der Waals surface area contributed by atoms with Crippen LogP contribution in [0.4, 0.5) is 30.7 Å². The number of hydrogen-bond acceptors (Lipinski definition) is 10. The highest BCUT2D eigenvalue weighted by Crippen LogP contribution is 2.28. The SMILES string of the molecule is CC(C)(C)OC(=O)NC(=NCCN(c1cnn2c1NCCC2)C(NC(=O)O)NC(=O)O)NC(=O)OC(C)(C)C. The van der Waals surface area contributed by atoms with E-state index < -0.39 is 41.9 Å². The molecule has 0 aliphatic carbocycles. The van der Waals surface area contributed by atoms with Crippen LogP contribution in [0.15, 0.2) is 11.2 Å². The fourth-order valence-electron chi connectivity index (χ4n) is 3.37. The zero-order valence-corrected chi connectivity index (χ0v) is 22.8. The molecule has 2 rings (SSSR count). The number of carbonyl (C=O) groups is 4. The van der Waals surface area contributed by atoms with E-state index in [1.165, 1.54) is 11.1 Å². The molecule has 0 spiro atoms. The molecule has 218 valence electrons. The van der Waals surface area contributed by atoms with Gasteiger partial charge in [-0.3, -0.25) is 26.3 Å². The molecular weight excluding hydrogens is 518 g/mol. The second-order valence-corrected chi connectivity index (χ2v) is 10.4. The minimum absolute atomic E-state index is 0.0822. The summed E-state index contributed by atoms with van der Waals surface area (Å²) in [5, 5.41) is 35.0. The largest absolute Gasteiger partial charge is 0.465 e. The van der Waals surface area contributed by atoms with Crippen molar-refractivity contribution in [3.8, 4) is 0 Å². The number of carbonyl (C=O) groups excluding carboxylic acids is 2. The van der Waals surface area contributed by atoms with Crippen LogP contribution in [-0.2, 0) is 16.0 Å². The summed E-state index contributed by atoms with van der Waals surface area (Å²) in [4.78, 5) is 53.2. The van der Waals surface area contributed by atoms with Crippen molar-refractivity contribution in [1.29, 1.82) is 0 Å². The molecule has 7 N–H and O–H groups in total. The van der Waals surface area contributed by atoms with Gasteiger partial charge in [-0.2, -0.15) is 5.10 Å². The van der Waals surface area contributed by atoms with Gasteiger partial charge in [-0.1, -0.05) is 0 Å². The average molecular weight is 556 g/mol. The quantitative estimate of drug-likeness (QED) is 0.146. The topological polar surface area (TPSA) is 221 Å². The van der Waals surface area contributed by atoms with Crippen LogP contribution < -0.4 is 31.5 Å². The summed E-state index contributed by atoms with van der Waals surface area (Å²) in [6.45, 7) is 11.0. The summed E-state index contributed by atoms with van der Waals surface area (Å²) in [7, 11) is 0. The van der Waals surface area contributed by atoms with E-state index in [1.807, 2.05) is 0 Å². The van der Waals surface area contributed by atoms with E-state index in [0.29, 0.717) is 24.6 Å². The molecular formula is C22H37N9O8. The Balaban J connectivity index is 2.34. The van der Waals surface area contributed by atoms with Gasteiger partial charge in [0.2, 0.25) is 5.96 Å². The number of hydrogen-bond donors (Lipinski definition) is 7. The third kappa shape index (κ3) is 10.8. The number of carboxylic acid groups (broad SMARTS) is 2. The molecule has 1 aliphatic rings. The smallest absolute Gasteiger partial charge is 0.414 e. The van der Waals surface area contributed by atoms with Gasteiger partial charge < -0.3 is 29.9 Å². The molecule has 0 unspecified atom stereocenters. The van der Waals surface area contributed by atoms with E-state index in [0.717, 1.165) is 6.42 Å². The molecule has 39 heavy (non-hydrogen) atoms. The van der Waals surface area contributed by atoms with Crippen molar-refractivity contribution in [3.05, 3.63) is 6.20 Å². The molecule has 1 aromatic rings. The maximum absolute atomic E-state index is 12.3. The predicted molar refractivity (Wildman–Crippen MR) is 140 cm³/mol. The lowest BCUT2D eigenvalue weighted by Gasteiger charge is -2.33. The first-order chi connectivity index (χ1) is 18.0. The predicted octanol–water partition coefficient (Wildman–Crippen LogP) is 1.73. The number of guanidine groups is 1. The number of alkyl carbamates (subject to hydrolysis) is 2. The molecule has 0 saturated heterocycles. The van der Waals surface area contributed by atoms with Gasteiger partial charge in [0, 0.05) is 19.6 Å². The van der Waals surface area contributed by atoms with Crippen LogP contribution in [0, 0.1) is 0 Å². The molecule has 17 heteroatoms. The number of nitrogens with zero attached hydrogens (tertiary/aromatic N) is 4. The number of aliphatic imine (C=N–C) groups is 1. The van der Waals surface area contributed by atoms with E-state index in [9.17, 15) is 29.4 Å². The molecule has 0 bridgehead atoms. The van der Waals surface area contributed by atoms with Crippen molar-refractivity contribution in [1.82, 2.24) is 31.0 Å². The number of aromatic nitrogens is 2. The number of ether oxygens (including phenoxy) is 2. The van der Waals surface area contributed by atoms with E-state index in [1.54, 1.807) is 46.2 Å². The summed E-state index contributed by atoms with van der Waals surface area (Å²) >= 11 is 0. The number of aryl methyl sites for hydroxylation is 1. The lowest BCUT2D eigenvalue weighted by Crippen LogP contribution is -2.59. The second kappa shape index (κ2) is 12.9. The third-order valence-electron chi connectivity index (χ3n) is 4.65. The standard InChI is InChI=1S/C22H37N9O8/c1-21(2,3)38-19(36)26-15(27-20(37)39-22(4,5)6)24-9-11-30(16(28-17(32)33)29-18(34)35)13-12-25-31-10-7-8-23-14(13)31/h12,16,23,28-29H,7-11H2,1-6H3,(H,32,33)(H,34,35)(H2,24,26,27,36,37). The maximum atomic E-state index is 12.3. The Morgan fingerprint density at radius 1 is 1.05 bits per heavy atom. The lowest BCUT2D eigenvalue weighted by molar-refractivity contribution is 0.0544. The molecule has 0 aromatic carbocycles. The first kappa shape index (κ1) is 30.8. The molecule has 0 radical (unpaired) electrons. The van der Waals surface area contributed by atoms with E-state index in [4.69, 9.17) is 9.47 Å². The van der Waals surface area contributed by atoms with E-state index in [2.05, 4.69) is 36.7 Å². The summed E-state index contributed by atoms with van der Waals surface area (Å²) in [5.41, 5.74) is -1.26. The normalized spacial score (nSPS) is 12.8. The number of nitrogens with one attached hydrogen (secondary N) is 5. The van der Waals surface area contributed by atoms with Gasteiger partial charge in [0.1, 0.15) is 22.7 Å². The van der Waals surface area contributed by atoms with Gasteiger partial charge in [0.05, 0.1) is 12.7 Å². The Morgan fingerprint density at radius 3 is 2.08 bits per heavy atom.